The Balaban J connectivity index is 2.04. The van der Waals surface area contributed by atoms with Crippen LogP contribution < -0.4 is 10.1 Å². The molecule has 1 aliphatic heterocycles. The summed E-state index contributed by atoms with van der Waals surface area (Å²) in [6, 6.07) is 5.05. The first-order chi connectivity index (χ1) is 9.61. The van der Waals surface area contributed by atoms with Crippen LogP contribution in [-0.2, 0) is 4.79 Å². The highest BCUT2D eigenvalue weighted by molar-refractivity contribution is 6.30. The van der Waals surface area contributed by atoms with E-state index in [0.717, 1.165) is 31.6 Å². The second kappa shape index (κ2) is 6.84. The van der Waals surface area contributed by atoms with E-state index < -0.39 is 0 Å². The van der Waals surface area contributed by atoms with Gasteiger partial charge in [0.1, 0.15) is 11.8 Å². The normalized spacial score (nSPS) is 16.6. The van der Waals surface area contributed by atoms with Gasteiger partial charge in [-0.25, -0.2) is 0 Å². The fourth-order valence-corrected chi connectivity index (χ4v) is 2.65. The van der Waals surface area contributed by atoms with E-state index in [4.69, 9.17) is 16.3 Å². The second-order valence-electron chi connectivity index (χ2n) is 5.10. The number of amides is 1. The van der Waals surface area contributed by atoms with E-state index in [1.54, 1.807) is 25.3 Å². The van der Waals surface area contributed by atoms with Gasteiger partial charge in [0.2, 0.25) is 5.91 Å². The Morgan fingerprint density at radius 1 is 1.35 bits per heavy atom. The molecule has 0 spiro atoms. The van der Waals surface area contributed by atoms with Gasteiger partial charge in [-0.2, -0.15) is 0 Å². The Labute approximate surface area is 125 Å². The van der Waals surface area contributed by atoms with E-state index in [2.05, 4.69) is 5.32 Å². The molecule has 1 aliphatic rings. The van der Waals surface area contributed by atoms with Crippen LogP contribution in [-0.4, -0.2) is 37.0 Å². The molecule has 0 aromatic heterocycles. The van der Waals surface area contributed by atoms with Gasteiger partial charge in [0.15, 0.2) is 0 Å². The van der Waals surface area contributed by atoms with E-state index in [0.29, 0.717) is 10.8 Å². The molecule has 1 unspecified atom stereocenters. The fraction of sp³-hybridized carbons (Fsp3) is 0.533. The molecule has 1 fully saturated rings. The zero-order valence-corrected chi connectivity index (χ0v) is 12.7. The minimum atomic E-state index is -0.291. The van der Waals surface area contributed by atoms with Gasteiger partial charge in [-0.3, -0.25) is 4.79 Å². The number of benzene rings is 1. The Morgan fingerprint density at radius 2 is 2.05 bits per heavy atom. The van der Waals surface area contributed by atoms with Crippen LogP contribution >= 0.6 is 11.6 Å². The summed E-state index contributed by atoms with van der Waals surface area (Å²) in [6.07, 6.45) is 3.41. The maximum absolute atomic E-state index is 12.4. The highest BCUT2D eigenvalue weighted by Crippen LogP contribution is 2.28. The lowest BCUT2D eigenvalue weighted by atomic mass is 10.1. The first-order valence-corrected chi connectivity index (χ1v) is 7.38. The van der Waals surface area contributed by atoms with E-state index >= 15 is 0 Å². The summed E-state index contributed by atoms with van der Waals surface area (Å²) in [7, 11) is 1.60. The Bertz CT molecular complexity index is 473. The van der Waals surface area contributed by atoms with Crippen molar-refractivity contribution in [1.82, 2.24) is 4.90 Å². The molecule has 4 nitrogen and oxygen atoms in total. The first kappa shape index (κ1) is 15.0. The third-order valence-corrected chi connectivity index (χ3v) is 3.81. The standard InChI is InChI=1S/C15H21ClN2O2/c1-11(15(19)18-8-4-3-5-9-18)17-13-10-12(16)6-7-14(13)20-2/h6-7,10-11,17H,3-5,8-9H2,1-2H3. The SMILES string of the molecule is COc1ccc(Cl)cc1NC(C)C(=O)N1CCCCC1. The maximum atomic E-state index is 12.4. The van der Waals surface area contributed by atoms with Crippen LogP contribution in [0.15, 0.2) is 18.2 Å². The quantitative estimate of drug-likeness (QED) is 0.928. The summed E-state index contributed by atoms with van der Waals surface area (Å²) in [5.41, 5.74) is 0.748. The predicted molar refractivity (Wildman–Crippen MR) is 81.5 cm³/mol. The van der Waals surface area contributed by atoms with Crippen LogP contribution in [0, 0.1) is 0 Å². The Kier molecular flexibility index (Phi) is 5.12. The van der Waals surface area contributed by atoms with Gasteiger partial charge in [0.25, 0.3) is 0 Å². The summed E-state index contributed by atoms with van der Waals surface area (Å²) >= 11 is 5.99. The van der Waals surface area contributed by atoms with Crippen molar-refractivity contribution in [1.29, 1.82) is 0 Å². The van der Waals surface area contributed by atoms with Gasteiger partial charge >= 0.3 is 0 Å². The van der Waals surface area contributed by atoms with Crippen molar-refractivity contribution in [2.45, 2.75) is 32.2 Å². The number of ether oxygens (including phenoxy) is 1. The minimum absolute atomic E-state index is 0.131. The predicted octanol–water partition coefficient (Wildman–Crippen LogP) is 3.16. The van der Waals surface area contributed by atoms with Crippen LogP contribution in [0.2, 0.25) is 5.02 Å². The van der Waals surface area contributed by atoms with Gasteiger partial charge < -0.3 is 15.0 Å². The molecule has 0 bridgehead atoms. The van der Waals surface area contributed by atoms with Crippen molar-refractivity contribution in [3.63, 3.8) is 0 Å². The third-order valence-electron chi connectivity index (χ3n) is 3.57. The summed E-state index contributed by atoms with van der Waals surface area (Å²) in [5, 5.41) is 3.82. The van der Waals surface area contributed by atoms with Gasteiger partial charge in [0, 0.05) is 18.1 Å². The first-order valence-electron chi connectivity index (χ1n) is 7.00. The van der Waals surface area contributed by atoms with Gasteiger partial charge in [0.05, 0.1) is 12.8 Å². The van der Waals surface area contributed by atoms with Crippen LogP contribution in [0.1, 0.15) is 26.2 Å². The average Bonchev–Trinajstić information content (AvgIpc) is 2.47. The number of hydrogen-bond donors (Lipinski definition) is 1. The van der Waals surface area contributed by atoms with Crippen LogP contribution in [0.3, 0.4) is 0 Å². The van der Waals surface area contributed by atoms with E-state index in [-0.39, 0.29) is 11.9 Å². The molecule has 2 rings (SSSR count). The van der Waals surface area contributed by atoms with Crippen molar-refractivity contribution in [2.24, 2.45) is 0 Å². The highest BCUT2D eigenvalue weighted by atomic mass is 35.5. The Hall–Kier alpha value is -1.42. The number of nitrogens with zero attached hydrogens (tertiary/aromatic N) is 1. The molecule has 1 saturated heterocycles. The number of likely N-dealkylation sites (tertiary alicyclic amines) is 1. The number of nitrogens with one attached hydrogen (secondary N) is 1. The molecular formula is C15H21ClN2O2. The molecule has 20 heavy (non-hydrogen) atoms. The smallest absolute Gasteiger partial charge is 0.244 e. The van der Waals surface area contributed by atoms with Gasteiger partial charge in [-0.15, -0.1) is 0 Å². The molecule has 0 saturated carbocycles. The molecule has 1 aromatic rings. The minimum Gasteiger partial charge on any atom is -0.495 e. The van der Waals surface area contributed by atoms with E-state index in [9.17, 15) is 4.79 Å². The number of piperidine rings is 1. The average molecular weight is 297 g/mol. The topological polar surface area (TPSA) is 41.6 Å². The molecule has 1 amide bonds. The summed E-state index contributed by atoms with van der Waals surface area (Å²) in [6.45, 7) is 3.59. The van der Waals surface area contributed by atoms with Gasteiger partial charge in [-0.05, 0) is 44.4 Å². The zero-order valence-electron chi connectivity index (χ0n) is 12.0. The number of hydrogen-bond acceptors (Lipinski definition) is 3. The summed E-state index contributed by atoms with van der Waals surface area (Å²) in [4.78, 5) is 14.3. The van der Waals surface area contributed by atoms with Crippen LogP contribution in [0.25, 0.3) is 0 Å². The maximum Gasteiger partial charge on any atom is 0.244 e. The number of anilines is 1. The molecule has 110 valence electrons. The molecule has 5 heteroatoms. The van der Waals surface area contributed by atoms with Crippen molar-refractivity contribution in [3.8, 4) is 5.75 Å². The van der Waals surface area contributed by atoms with E-state index in [1.807, 2.05) is 11.8 Å². The monoisotopic (exact) mass is 296 g/mol. The Morgan fingerprint density at radius 3 is 2.70 bits per heavy atom. The van der Waals surface area contributed by atoms with Crippen LogP contribution in [0.4, 0.5) is 5.69 Å². The number of halogens is 1. The zero-order chi connectivity index (χ0) is 14.5. The van der Waals surface area contributed by atoms with Crippen molar-refractivity contribution < 1.29 is 9.53 Å². The molecular weight excluding hydrogens is 276 g/mol. The number of rotatable bonds is 4. The van der Waals surface area contributed by atoms with Crippen LogP contribution in [0.5, 0.6) is 5.75 Å². The van der Waals surface area contributed by atoms with Crippen molar-refractivity contribution >= 4 is 23.2 Å². The summed E-state index contributed by atoms with van der Waals surface area (Å²) in [5.74, 6) is 0.819. The molecule has 1 aromatic carbocycles. The third kappa shape index (κ3) is 3.57. The van der Waals surface area contributed by atoms with E-state index in [1.165, 1.54) is 6.42 Å². The van der Waals surface area contributed by atoms with Crippen molar-refractivity contribution in [2.75, 3.05) is 25.5 Å². The lowest BCUT2D eigenvalue weighted by Gasteiger charge is -2.30. The second-order valence-corrected chi connectivity index (χ2v) is 5.53. The lowest BCUT2D eigenvalue weighted by Crippen LogP contribution is -2.43. The lowest BCUT2D eigenvalue weighted by molar-refractivity contribution is -0.132. The number of methoxy groups -OCH3 is 1. The molecule has 1 atom stereocenters. The summed E-state index contributed by atoms with van der Waals surface area (Å²) < 4.78 is 5.28. The largest absolute Gasteiger partial charge is 0.495 e. The highest BCUT2D eigenvalue weighted by Gasteiger charge is 2.22. The fourth-order valence-electron chi connectivity index (χ4n) is 2.48. The molecule has 0 radical (unpaired) electrons. The number of carbonyl (C=O) groups excluding carboxylic acids is 1. The molecule has 0 aliphatic carbocycles. The number of carbonyl (C=O) groups is 1. The van der Waals surface area contributed by atoms with Gasteiger partial charge in [-0.1, -0.05) is 11.6 Å². The van der Waals surface area contributed by atoms with Crippen molar-refractivity contribution in [3.05, 3.63) is 23.2 Å². The molecule has 1 heterocycles. The molecule has 1 N–H and O–H groups in total.